The summed E-state index contributed by atoms with van der Waals surface area (Å²) < 4.78 is 5.42. The zero-order valence-corrected chi connectivity index (χ0v) is 11.1. The van der Waals surface area contributed by atoms with E-state index in [2.05, 4.69) is 15.2 Å². The van der Waals surface area contributed by atoms with Gasteiger partial charge in [0, 0.05) is 7.05 Å². The highest BCUT2D eigenvalue weighted by Crippen LogP contribution is 2.07. The van der Waals surface area contributed by atoms with E-state index in [1.807, 2.05) is 27.7 Å². The number of nitrogens with zero attached hydrogens (tertiary/aromatic N) is 3. The Balaban J connectivity index is 2.42. The Morgan fingerprint density at radius 3 is 2.59 bits per heavy atom. The van der Waals surface area contributed by atoms with Gasteiger partial charge in [-0.05, 0) is 27.7 Å². The molecule has 0 radical (unpaired) electrons. The van der Waals surface area contributed by atoms with Gasteiger partial charge < -0.3 is 9.64 Å². The van der Waals surface area contributed by atoms with Crippen molar-refractivity contribution in [2.75, 3.05) is 13.7 Å². The maximum atomic E-state index is 11.7. The minimum atomic E-state index is -0.308. The molecular weight excluding hydrogens is 220 g/mol. The molecule has 0 saturated heterocycles. The first-order valence-corrected chi connectivity index (χ1v) is 5.54. The van der Waals surface area contributed by atoms with E-state index < -0.39 is 0 Å². The highest BCUT2D eigenvalue weighted by atomic mass is 16.5. The minimum absolute atomic E-state index is 0.0728. The molecule has 0 fully saturated rings. The summed E-state index contributed by atoms with van der Waals surface area (Å²) in [6.45, 7) is 8.03. The number of aryl methyl sites for hydroxylation is 1. The summed E-state index contributed by atoms with van der Waals surface area (Å²) in [7, 11) is 1.71. The zero-order valence-electron chi connectivity index (χ0n) is 11.1. The summed E-state index contributed by atoms with van der Waals surface area (Å²) in [4.78, 5) is 17.4. The van der Waals surface area contributed by atoms with Crippen LogP contribution in [0.3, 0.4) is 0 Å². The van der Waals surface area contributed by atoms with Crippen LogP contribution >= 0.6 is 0 Å². The van der Waals surface area contributed by atoms with E-state index in [-0.39, 0.29) is 18.1 Å². The molecule has 0 aliphatic carbocycles. The van der Waals surface area contributed by atoms with Gasteiger partial charge in [-0.1, -0.05) is 0 Å². The van der Waals surface area contributed by atoms with E-state index in [0.717, 1.165) is 5.82 Å². The van der Waals surface area contributed by atoms with Crippen molar-refractivity contribution in [3.8, 4) is 0 Å². The lowest BCUT2D eigenvalue weighted by molar-refractivity contribution is -0.140. The van der Waals surface area contributed by atoms with Gasteiger partial charge in [0.05, 0.1) is 12.1 Å². The van der Waals surface area contributed by atoms with Crippen LogP contribution in [0.25, 0.3) is 0 Å². The topological polar surface area (TPSA) is 71.1 Å². The Kier molecular flexibility index (Phi) is 4.22. The molecule has 1 heterocycles. The highest BCUT2D eigenvalue weighted by molar-refractivity contribution is 5.77. The number of hydrogen-bond acceptors (Lipinski definition) is 4. The SMILES string of the molecule is Cc1nc(CN(C)C(=O)COC(C)(C)C)n[nH]1. The third kappa shape index (κ3) is 4.95. The second-order valence-electron chi connectivity index (χ2n) is 4.99. The van der Waals surface area contributed by atoms with E-state index in [9.17, 15) is 4.79 Å². The smallest absolute Gasteiger partial charge is 0.248 e. The molecule has 0 bridgehead atoms. The molecule has 1 aromatic rings. The molecule has 0 atom stereocenters. The Bertz CT molecular complexity index is 381. The van der Waals surface area contributed by atoms with Crippen LogP contribution in [0, 0.1) is 6.92 Å². The van der Waals surface area contributed by atoms with E-state index in [1.54, 1.807) is 11.9 Å². The van der Waals surface area contributed by atoms with Gasteiger partial charge in [0.25, 0.3) is 0 Å². The van der Waals surface area contributed by atoms with Crippen molar-refractivity contribution in [1.82, 2.24) is 20.1 Å². The van der Waals surface area contributed by atoms with Crippen LogP contribution in [-0.2, 0) is 16.1 Å². The number of aromatic nitrogens is 3. The summed E-state index contributed by atoms with van der Waals surface area (Å²) in [6.07, 6.45) is 0. The Morgan fingerprint density at radius 1 is 1.47 bits per heavy atom. The summed E-state index contributed by atoms with van der Waals surface area (Å²) in [6, 6.07) is 0. The van der Waals surface area contributed by atoms with Crippen molar-refractivity contribution in [2.45, 2.75) is 39.8 Å². The Morgan fingerprint density at radius 2 is 2.12 bits per heavy atom. The standard InChI is InChI=1S/C11H20N4O2/c1-8-12-9(14-13-8)6-15(5)10(16)7-17-11(2,3)4/h6-7H2,1-5H3,(H,12,13,14). The third-order valence-electron chi connectivity index (χ3n) is 2.08. The number of carbonyl (C=O) groups is 1. The molecule has 1 rings (SSSR count). The molecule has 0 unspecified atom stereocenters. The van der Waals surface area contributed by atoms with Crippen molar-refractivity contribution >= 4 is 5.91 Å². The monoisotopic (exact) mass is 240 g/mol. The fourth-order valence-corrected chi connectivity index (χ4v) is 1.15. The Labute approximate surface area is 101 Å². The zero-order chi connectivity index (χ0) is 13.1. The molecule has 1 N–H and O–H groups in total. The number of aromatic amines is 1. The first-order valence-electron chi connectivity index (χ1n) is 5.54. The number of hydrogen-bond donors (Lipinski definition) is 1. The normalized spacial score (nSPS) is 11.6. The third-order valence-corrected chi connectivity index (χ3v) is 2.08. The van der Waals surface area contributed by atoms with Crippen LogP contribution in [0.1, 0.15) is 32.4 Å². The average molecular weight is 240 g/mol. The molecule has 0 aliphatic heterocycles. The van der Waals surface area contributed by atoms with Gasteiger partial charge in [-0.2, -0.15) is 5.10 Å². The van der Waals surface area contributed by atoms with Gasteiger partial charge in [0.15, 0.2) is 5.82 Å². The fourth-order valence-electron chi connectivity index (χ4n) is 1.15. The van der Waals surface area contributed by atoms with Crippen molar-refractivity contribution in [3.63, 3.8) is 0 Å². The largest absolute Gasteiger partial charge is 0.366 e. The van der Waals surface area contributed by atoms with E-state index in [4.69, 9.17) is 4.74 Å². The molecule has 0 saturated carbocycles. The van der Waals surface area contributed by atoms with Crippen LogP contribution in [0.2, 0.25) is 0 Å². The van der Waals surface area contributed by atoms with Gasteiger partial charge >= 0.3 is 0 Å². The van der Waals surface area contributed by atoms with Gasteiger partial charge in [-0.3, -0.25) is 9.89 Å². The van der Waals surface area contributed by atoms with Crippen LogP contribution in [0.4, 0.5) is 0 Å². The first kappa shape index (κ1) is 13.6. The number of ether oxygens (including phenoxy) is 1. The van der Waals surface area contributed by atoms with Crippen molar-refractivity contribution < 1.29 is 9.53 Å². The van der Waals surface area contributed by atoms with Gasteiger partial charge in [-0.15, -0.1) is 0 Å². The van der Waals surface area contributed by atoms with Gasteiger partial charge in [0.1, 0.15) is 12.4 Å². The molecule has 6 heteroatoms. The van der Waals surface area contributed by atoms with Crippen molar-refractivity contribution in [1.29, 1.82) is 0 Å². The molecule has 96 valence electrons. The maximum Gasteiger partial charge on any atom is 0.248 e. The second kappa shape index (κ2) is 5.27. The highest BCUT2D eigenvalue weighted by Gasteiger charge is 2.16. The van der Waals surface area contributed by atoms with Gasteiger partial charge in [-0.25, -0.2) is 4.98 Å². The fraction of sp³-hybridized carbons (Fsp3) is 0.727. The number of likely N-dealkylation sites (N-methyl/N-ethyl adjacent to an activating group) is 1. The number of amides is 1. The summed E-state index contributed by atoms with van der Waals surface area (Å²) in [5.41, 5.74) is -0.308. The summed E-state index contributed by atoms with van der Waals surface area (Å²) in [5.74, 6) is 1.27. The number of carbonyl (C=O) groups excluding carboxylic acids is 1. The molecule has 6 nitrogen and oxygen atoms in total. The lowest BCUT2D eigenvalue weighted by Crippen LogP contribution is -2.33. The first-order chi connectivity index (χ1) is 7.78. The molecule has 1 aromatic heterocycles. The Hall–Kier alpha value is -1.43. The second-order valence-corrected chi connectivity index (χ2v) is 4.99. The summed E-state index contributed by atoms with van der Waals surface area (Å²) in [5, 5.41) is 6.72. The van der Waals surface area contributed by atoms with Crippen molar-refractivity contribution in [2.24, 2.45) is 0 Å². The quantitative estimate of drug-likeness (QED) is 0.848. The number of nitrogens with one attached hydrogen (secondary N) is 1. The minimum Gasteiger partial charge on any atom is -0.366 e. The molecule has 0 aromatic carbocycles. The van der Waals surface area contributed by atoms with Gasteiger partial charge in [0.2, 0.25) is 5.91 Å². The average Bonchev–Trinajstić information content (AvgIpc) is 2.59. The summed E-state index contributed by atoms with van der Waals surface area (Å²) >= 11 is 0. The number of rotatable bonds is 4. The lowest BCUT2D eigenvalue weighted by Gasteiger charge is -2.21. The van der Waals surface area contributed by atoms with Crippen LogP contribution in [0.15, 0.2) is 0 Å². The molecule has 1 amide bonds. The van der Waals surface area contributed by atoms with E-state index in [1.165, 1.54) is 0 Å². The van der Waals surface area contributed by atoms with Crippen LogP contribution in [0.5, 0.6) is 0 Å². The van der Waals surface area contributed by atoms with Crippen LogP contribution < -0.4 is 0 Å². The lowest BCUT2D eigenvalue weighted by atomic mass is 10.2. The van der Waals surface area contributed by atoms with Crippen LogP contribution in [-0.4, -0.2) is 45.2 Å². The molecule has 17 heavy (non-hydrogen) atoms. The molecular formula is C11H20N4O2. The predicted molar refractivity (Wildman–Crippen MR) is 63.3 cm³/mol. The number of H-pyrrole nitrogens is 1. The molecule has 0 spiro atoms. The predicted octanol–water partition coefficient (Wildman–Crippen LogP) is 0.887. The maximum absolute atomic E-state index is 11.7. The van der Waals surface area contributed by atoms with E-state index >= 15 is 0 Å². The molecule has 0 aliphatic rings. The van der Waals surface area contributed by atoms with E-state index in [0.29, 0.717) is 12.4 Å². The van der Waals surface area contributed by atoms with Crippen molar-refractivity contribution in [3.05, 3.63) is 11.6 Å².